The van der Waals surface area contributed by atoms with Gasteiger partial charge in [0.15, 0.2) is 17.3 Å². The molecule has 2 aliphatic rings. The van der Waals surface area contributed by atoms with Crippen LogP contribution in [0.2, 0.25) is 0 Å². The number of carbonyl (C=O) groups is 1. The highest BCUT2D eigenvalue weighted by Gasteiger charge is 2.38. The number of carbonyl (C=O) groups excluding carboxylic acids is 1. The molecule has 2 heterocycles. The van der Waals surface area contributed by atoms with E-state index >= 15 is 0 Å². The van der Waals surface area contributed by atoms with Gasteiger partial charge in [-0.3, -0.25) is 9.32 Å². The smallest absolute Gasteiger partial charge is 0.442 e. The van der Waals surface area contributed by atoms with E-state index in [4.69, 9.17) is 14.0 Å². The fourth-order valence-electron chi connectivity index (χ4n) is 4.46. The van der Waals surface area contributed by atoms with E-state index in [2.05, 4.69) is 10.5 Å². The molecule has 1 fully saturated rings. The van der Waals surface area contributed by atoms with Crippen LogP contribution < -0.4 is 20.5 Å². The molecule has 0 saturated heterocycles. The zero-order valence-corrected chi connectivity index (χ0v) is 17.0. The summed E-state index contributed by atoms with van der Waals surface area (Å²) < 4.78 is 17.5. The van der Waals surface area contributed by atoms with Gasteiger partial charge in [-0.1, -0.05) is 54.4 Å². The molecule has 0 radical (unpaired) electrons. The maximum atomic E-state index is 13.1. The van der Waals surface area contributed by atoms with Crippen molar-refractivity contribution in [2.45, 2.75) is 37.8 Å². The molecule has 0 spiro atoms. The molecule has 2 aromatic carbocycles. The summed E-state index contributed by atoms with van der Waals surface area (Å²) in [5.74, 6) is 0.831. The molecule has 160 valence electrons. The van der Waals surface area contributed by atoms with Crippen LogP contribution in [0.15, 0.2) is 57.8 Å². The molecule has 0 bridgehead atoms. The van der Waals surface area contributed by atoms with Crippen molar-refractivity contribution < 1.29 is 18.8 Å². The van der Waals surface area contributed by atoms with Crippen LogP contribution in [0.1, 0.15) is 31.2 Å². The Kier molecular flexibility index (Phi) is 4.97. The number of aromatic nitrogens is 2. The van der Waals surface area contributed by atoms with Crippen molar-refractivity contribution in [2.24, 2.45) is 0 Å². The van der Waals surface area contributed by atoms with Gasteiger partial charge in [-0.2, -0.15) is 0 Å². The summed E-state index contributed by atoms with van der Waals surface area (Å²) in [5.41, 5.74) is 1.20. The van der Waals surface area contributed by atoms with E-state index < -0.39 is 11.3 Å². The normalized spacial score (nSPS) is 16.8. The van der Waals surface area contributed by atoms with Gasteiger partial charge in [0.1, 0.15) is 19.8 Å². The van der Waals surface area contributed by atoms with Crippen LogP contribution >= 0.6 is 0 Å². The predicted molar refractivity (Wildman–Crippen MR) is 112 cm³/mol. The average Bonchev–Trinajstić information content (AvgIpc) is 3.42. The number of hydrogen-bond donors (Lipinski definition) is 1. The molecular formula is C23H23N3O5. The molecule has 0 unspecified atom stereocenters. The maximum Gasteiger partial charge on any atom is 0.442 e. The van der Waals surface area contributed by atoms with Crippen LogP contribution in [0.5, 0.6) is 11.5 Å². The monoisotopic (exact) mass is 421 g/mol. The highest BCUT2D eigenvalue weighted by molar-refractivity contribution is 5.77. The lowest BCUT2D eigenvalue weighted by Crippen LogP contribution is -2.46. The van der Waals surface area contributed by atoms with Gasteiger partial charge < -0.3 is 14.8 Å². The van der Waals surface area contributed by atoms with Gasteiger partial charge in [-0.25, -0.2) is 9.36 Å². The highest BCUT2D eigenvalue weighted by Crippen LogP contribution is 2.42. The van der Waals surface area contributed by atoms with E-state index in [0.717, 1.165) is 37.0 Å². The van der Waals surface area contributed by atoms with E-state index in [1.807, 2.05) is 48.5 Å². The van der Waals surface area contributed by atoms with Crippen LogP contribution in [-0.2, 0) is 16.9 Å². The molecule has 1 N–H and O–H groups in total. The van der Waals surface area contributed by atoms with Crippen molar-refractivity contribution in [3.8, 4) is 22.9 Å². The molecule has 1 aromatic heterocycles. The SMILES string of the molecule is O=C(Cn1c(-c2ccccc2)noc1=O)NC1(c2ccc3c(c2)OCCO3)CCCC1. The number of nitrogens with zero attached hydrogens (tertiary/aromatic N) is 2. The lowest BCUT2D eigenvalue weighted by atomic mass is 9.87. The number of amides is 1. The van der Waals surface area contributed by atoms with Crippen LogP contribution in [0.25, 0.3) is 11.4 Å². The van der Waals surface area contributed by atoms with Crippen LogP contribution in [0.3, 0.4) is 0 Å². The fraction of sp³-hybridized carbons (Fsp3) is 0.348. The first kappa shape index (κ1) is 19.4. The third kappa shape index (κ3) is 3.69. The van der Waals surface area contributed by atoms with Gasteiger partial charge in [0.2, 0.25) is 5.91 Å². The molecule has 31 heavy (non-hydrogen) atoms. The topological polar surface area (TPSA) is 95.6 Å². The first-order valence-corrected chi connectivity index (χ1v) is 10.5. The standard InChI is InChI=1S/C23H23N3O5/c27-20(15-26-21(25-31-22(26)28)16-6-2-1-3-7-16)24-23(10-4-5-11-23)17-8-9-18-19(14-17)30-13-12-29-18/h1-3,6-9,14H,4-5,10-13,15H2,(H,24,27). The average molecular weight is 421 g/mol. The zero-order valence-electron chi connectivity index (χ0n) is 17.0. The van der Waals surface area contributed by atoms with E-state index in [0.29, 0.717) is 30.4 Å². The molecule has 3 aromatic rings. The molecule has 8 nitrogen and oxygen atoms in total. The third-order valence-electron chi connectivity index (χ3n) is 5.95. The summed E-state index contributed by atoms with van der Waals surface area (Å²) in [6.07, 6.45) is 3.67. The van der Waals surface area contributed by atoms with Crippen molar-refractivity contribution >= 4 is 5.91 Å². The maximum absolute atomic E-state index is 13.1. The Labute approximate surface area is 178 Å². The third-order valence-corrected chi connectivity index (χ3v) is 5.95. The Hall–Kier alpha value is -3.55. The van der Waals surface area contributed by atoms with E-state index in [1.165, 1.54) is 4.57 Å². The molecule has 0 atom stereocenters. The Balaban J connectivity index is 1.41. The summed E-state index contributed by atoms with van der Waals surface area (Å²) in [6.45, 7) is 0.874. The van der Waals surface area contributed by atoms with Crippen molar-refractivity contribution in [2.75, 3.05) is 13.2 Å². The molecule has 5 rings (SSSR count). The Morgan fingerprint density at radius 2 is 1.77 bits per heavy atom. The molecule has 1 aliphatic carbocycles. The van der Waals surface area contributed by atoms with Crippen LogP contribution in [-0.4, -0.2) is 28.8 Å². The summed E-state index contributed by atoms with van der Waals surface area (Å²) in [5, 5.41) is 7.05. The number of rotatable bonds is 5. The van der Waals surface area contributed by atoms with E-state index in [-0.39, 0.29) is 12.5 Å². The second kappa shape index (κ2) is 7.94. The van der Waals surface area contributed by atoms with Gasteiger partial charge in [0.25, 0.3) is 0 Å². The minimum atomic E-state index is -0.659. The second-order valence-electron chi connectivity index (χ2n) is 7.92. The van der Waals surface area contributed by atoms with Crippen LogP contribution in [0, 0.1) is 0 Å². The second-order valence-corrected chi connectivity index (χ2v) is 7.92. The molecular weight excluding hydrogens is 398 g/mol. The highest BCUT2D eigenvalue weighted by atomic mass is 16.6. The van der Waals surface area contributed by atoms with E-state index in [1.54, 1.807) is 0 Å². The number of ether oxygens (including phenoxy) is 2. The summed E-state index contributed by atoms with van der Waals surface area (Å²) in [4.78, 5) is 25.3. The van der Waals surface area contributed by atoms with Crippen LogP contribution in [0.4, 0.5) is 0 Å². The quantitative estimate of drug-likeness (QED) is 0.681. The lowest BCUT2D eigenvalue weighted by Gasteiger charge is -2.32. The number of benzene rings is 2. The van der Waals surface area contributed by atoms with E-state index in [9.17, 15) is 9.59 Å². The van der Waals surface area contributed by atoms with Gasteiger partial charge in [-0.15, -0.1) is 0 Å². The summed E-state index contributed by atoms with van der Waals surface area (Å²) >= 11 is 0. The fourth-order valence-corrected chi connectivity index (χ4v) is 4.46. The molecule has 8 heteroatoms. The van der Waals surface area contributed by atoms with Gasteiger partial charge in [0.05, 0.1) is 5.54 Å². The Morgan fingerprint density at radius 1 is 1.03 bits per heavy atom. The largest absolute Gasteiger partial charge is 0.486 e. The Bertz CT molecular complexity index is 1150. The number of nitrogens with one attached hydrogen (secondary N) is 1. The predicted octanol–water partition coefficient (Wildman–Crippen LogP) is 2.86. The zero-order chi connectivity index (χ0) is 21.3. The Morgan fingerprint density at radius 3 is 2.55 bits per heavy atom. The van der Waals surface area contributed by atoms with Crippen molar-refractivity contribution in [3.05, 3.63) is 64.6 Å². The first-order chi connectivity index (χ1) is 15.1. The summed E-state index contributed by atoms with van der Waals surface area (Å²) in [6, 6.07) is 15.0. The van der Waals surface area contributed by atoms with Crippen molar-refractivity contribution in [1.82, 2.24) is 15.0 Å². The van der Waals surface area contributed by atoms with Gasteiger partial charge >= 0.3 is 5.76 Å². The molecule has 1 saturated carbocycles. The number of hydrogen-bond acceptors (Lipinski definition) is 6. The van der Waals surface area contributed by atoms with Gasteiger partial charge in [-0.05, 0) is 30.5 Å². The molecule has 1 amide bonds. The lowest BCUT2D eigenvalue weighted by molar-refractivity contribution is -0.123. The van der Waals surface area contributed by atoms with Crippen molar-refractivity contribution in [1.29, 1.82) is 0 Å². The number of fused-ring (bicyclic) bond motifs is 1. The minimum Gasteiger partial charge on any atom is -0.486 e. The summed E-state index contributed by atoms with van der Waals surface area (Å²) in [7, 11) is 0. The molecule has 1 aliphatic heterocycles. The van der Waals surface area contributed by atoms with Crippen molar-refractivity contribution in [3.63, 3.8) is 0 Å². The minimum absolute atomic E-state index is 0.168. The first-order valence-electron chi connectivity index (χ1n) is 10.5. The van der Waals surface area contributed by atoms with Gasteiger partial charge in [0, 0.05) is 5.56 Å².